The Kier molecular flexibility index (Phi) is 6.73. The quantitative estimate of drug-likeness (QED) is 0.750. The summed E-state index contributed by atoms with van der Waals surface area (Å²) in [6.07, 6.45) is 3.31. The molecule has 24 heavy (non-hydrogen) atoms. The largest absolute Gasteiger partial charge is 0.466 e. The lowest BCUT2D eigenvalue weighted by molar-refractivity contribution is -0.143. The van der Waals surface area contributed by atoms with Crippen molar-refractivity contribution >= 4 is 11.9 Å². The van der Waals surface area contributed by atoms with Crippen LogP contribution in [0.4, 0.5) is 4.39 Å². The predicted octanol–water partition coefficient (Wildman–Crippen LogP) is 2.45. The van der Waals surface area contributed by atoms with Crippen LogP contribution in [0.15, 0.2) is 24.3 Å². The molecule has 0 saturated heterocycles. The number of esters is 1. The smallest absolute Gasteiger partial charge is 0.308 e. The highest BCUT2D eigenvalue weighted by Gasteiger charge is 2.27. The first kappa shape index (κ1) is 18.4. The van der Waals surface area contributed by atoms with Crippen molar-refractivity contribution < 1.29 is 18.7 Å². The van der Waals surface area contributed by atoms with Crippen molar-refractivity contribution in [2.24, 2.45) is 11.7 Å². The molecule has 1 unspecified atom stereocenters. The normalized spacial score (nSPS) is 21.3. The standard InChI is InChI=1S/C18H25FN2O3/c1-2-24-18(23)11-16(12-6-8-14(19)9-7-12)21-17(22)10-13-4-3-5-15(13)20/h6-9,13,15-16H,2-5,10-11,20H2,1H3,(H,21,22)/t13-,15+,16?/m0/s1. The SMILES string of the molecule is CCOC(=O)CC(NC(=O)C[C@@H]1CCC[C@H]1N)c1ccc(F)cc1. The number of benzene rings is 1. The van der Waals surface area contributed by atoms with Gasteiger partial charge in [-0.1, -0.05) is 18.6 Å². The van der Waals surface area contributed by atoms with Gasteiger partial charge in [-0.05, 0) is 43.4 Å². The van der Waals surface area contributed by atoms with Crippen LogP contribution < -0.4 is 11.1 Å². The van der Waals surface area contributed by atoms with Gasteiger partial charge in [-0.3, -0.25) is 9.59 Å². The Hall–Kier alpha value is -1.95. The number of amides is 1. The minimum absolute atomic E-state index is 0.0158. The Morgan fingerprint density at radius 3 is 2.62 bits per heavy atom. The van der Waals surface area contributed by atoms with Crippen LogP contribution in [0.5, 0.6) is 0 Å². The number of ether oxygens (including phenoxy) is 1. The molecule has 5 nitrogen and oxygen atoms in total. The van der Waals surface area contributed by atoms with E-state index in [0.29, 0.717) is 12.0 Å². The molecule has 0 aliphatic heterocycles. The van der Waals surface area contributed by atoms with Crippen LogP contribution in [0.2, 0.25) is 0 Å². The number of nitrogens with two attached hydrogens (primary N) is 1. The molecule has 1 aromatic rings. The van der Waals surface area contributed by atoms with E-state index in [1.807, 2.05) is 0 Å². The molecular formula is C18H25FN2O3. The number of hydrogen-bond donors (Lipinski definition) is 2. The molecule has 0 heterocycles. The average molecular weight is 336 g/mol. The van der Waals surface area contributed by atoms with Gasteiger partial charge >= 0.3 is 5.97 Å². The lowest BCUT2D eigenvalue weighted by Crippen LogP contribution is -2.34. The second-order valence-corrected chi connectivity index (χ2v) is 6.24. The third kappa shape index (κ3) is 5.30. The molecule has 1 fully saturated rings. The topological polar surface area (TPSA) is 81.4 Å². The molecule has 1 aliphatic rings. The van der Waals surface area contributed by atoms with Crippen LogP contribution in [0.1, 0.15) is 50.6 Å². The maximum Gasteiger partial charge on any atom is 0.308 e. The van der Waals surface area contributed by atoms with E-state index in [0.717, 1.165) is 19.3 Å². The number of carbonyl (C=O) groups is 2. The van der Waals surface area contributed by atoms with Crippen LogP contribution in [-0.2, 0) is 14.3 Å². The first-order valence-corrected chi connectivity index (χ1v) is 8.45. The lowest BCUT2D eigenvalue weighted by Gasteiger charge is -2.21. The fraction of sp³-hybridized carbons (Fsp3) is 0.556. The molecular weight excluding hydrogens is 311 g/mol. The molecule has 1 amide bonds. The van der Waals surface area contributed by atoms with E-state index < -0.39 is 12.0 Å². The maximum atomic E-state index is 13.1. The fourth-order valence-corrected chi connectivity index (χ4v) is 3.14. The zero-order valence-electron chi connectivity index (χ0n) is 14.0. The molecule has 0 bridgehead atoms. The number of halogens is 1. The molecule has 6 heteroatoms. The number of hydrogen-bond acceptors (Lipinski definition) is 4. The van der Waals surface area contributed by atoms with Gasteiger partial charge in [-0.25, -0.2) is 4.39 Å². The van der Waals surface area contributed by atoms with Gasteiger partial charge in [0.2, 0.25) is 5.91 Å². The van der Waals surface area contributed by atoms with Crippen LogP contribution in [-0.4, -0.2) is 24.5 Å². The molecule has 0 aromatic heterocycles. The monoisotopic (exact) mass is 336 g/mol. The van der Waals surface area contributed by atoms with Crippen LogP contribution >= 0.6 is 0 Å². The van der Waals surface area contributed by atoms with Crippen molar-refractivity contribution in [3.8, 4) is 0 Å². The molecule has 2 rings (SSSR count). The van der Waals surface area contributed by atoms with Gasteiger partial charge < -0.3 is 15.8 Å². The zero-order chi connectivity index (χ0) is 17.5. The highest BCUT2D eigenvalue weighted by atomic mass is 19.1. The summed E-state index contributed by atoms with van der Waals surface area (Å²) < 4.78 is 18.1. The Bertz CT molecular complexity index is 562. The Balaban J connectivity index is 2.02. The third-order valence-electron chi connectivity index (χ3n) is 4.45. The van der Waals surface area contributed by atoms with Gasteiger partial charge in [0.05, 0.1) is 19.1 Å². The van der Waals surface area contributed by atoms with Crippen LogP contribution in [0.3, 0.4) is 0 Å². The second-order valence-electron chi connectivity index (χ2n) is 6.24. The van der Waals surface area contributed by atoms with Gasteiger partial charge in [0.15, 0.2) is 0 Å². The number of carbonyl (C=O) groups excluding carboxylic acids is 2. The predicted molar refractivity (Wildman–Crippen MR) is 88.5 cm³/mol. The Labute approximate surface area is 141 Å². The summed E-state index contributed by atoms with van der Waals surface area (Å²) in [7, 11) is 0. The van der Waals surface area contributed by atoms with Crippen molar-refractivity contribution in [2.45, 2.75) is 51.1 Å². The Morgan fingerprint density at radius 2 is 2.04 bits per heavy atom. The van der Waals surface area contributed by atoms with Gasteiger partial charge in [0.25, 0.3) is 0 Å². The van der Waals surface area contributed by atoms with E-state index in [-0.39, 0.29) is 36.7 Å². The van der Waals surface area contributed by atoms with E-state index in [1.165, 1.54) is 12.1 Å². The second kappa shape index (κ2) is 8.78. The molecule has 3 atom stereocenters. The van der Waals surface area contributed by atoms with E-state index in [2.05, 4.69) is 5.32 Å². The summed E-state index contributed by atoms with van der Waals surface area (Å²) in [4.78, 5) is 24.1. The van der Waals surface area contributed by atoms with Gasteiger partial charge in [-0.2, -0.15) is 0 Å². The zero-order valence-corrected chi connectivity index (χ0v) is 14.0. The van der Waals surface area contributed by atoms with Crippen molar-refractivity contribution in [3.63, 3.8) is 0 Å². The molecule has 1 aliphatic carbocycles. The first-order valence-electron chi connectivity index (χ1n) is 8.45. The van der Waals surface area contributed by atoms with Crippen LogP contribution in [0, 0.1) is 11.7 Å². The fourth-order valence-electron chi connectivity index (χ4n) is 3.14. The molecule has 3 N–H and O–H groups in total. The first-order chi connectivity index (χ1) is 11.5. The lowest BCUT2D eigenvalue weighted by atomic mass is 9.98. The third-order valence-corrected chi connectivity index (χ3v) is 4.45. The molecule has 1 aromatic carbocycles. The summed E-state index contributed by atoms with van der Waals surface area (Å²) in [6.45, 7) is 2.00. The highest BCUT2D eigenvalue weighted by molar-refractivity contribution is 5.78. The van der Waals surface area contributed by atoms with Crippen molar-refractivity contribution in [3.05, 3.63) is 35.6 Å². The van der Waals surface area contributed by atoms with Crippen molar-refractivity contribution in [1.29, 1.82) is 0 Å². The van der Waals surface area contributed by atoms with Gasteiger partial charge in [-0.15, -0.1) is 0 Å². The number of rotatable bonds is 7. The van der Waals surface area contributed by atoms with Crippen molar-refractivity contribution in [2.75, 3.05) is 6.61 Å². The summed E-state index contributed by atoms with van der Waals surface area (Å²) in [5.74, 6) is -0.723. The molecule has 0 radical (unpaired) electrons. The van der Waals surface area contributed by atoms with E-state index in [9.17, 15) is 14.0 Å². The maximum absolute atomic E-state index is 13.1. The Morgan fingerprint density at radius 1 is 1.33 bits per heavy atom. The number of nitrogens with one attached hydrogen (secondary N) is 1. The molecule has 0 spiro atoms. The highest BCUT2D eigenvalue weighted by Crippen LogP contribution is 2.27. The van der Waals surface area contributed by atoms with E-state index in [1.54, 1.807) is 19.1 Å². The van der Waals surface area contributed by atoms with Gasteiger partial charge in [0.1, 0.15) is 5.82 Å². The summed E-state index contributed by atoms with van der Waals surface area (Å²) >= 11 is 0. The summed E-state index contributed by atoms with van der Waals surface area (Å²) in [5.41, 5.74) is 6.68. The van der Waals surface area contributed by atoms with E-state index >= 15 is 0 Å². The molecule has 1 saturated carbocycles. The van der Waals surface area contributed by atoms with Crippen molar-refractivity contribution in [1.82, 2.24) is 5.32 Å². The minimum Gasteiger partial charge on any atom is -0.466 e. The van der Waals surface area contributed by atoms with Crippen LogP contribution in [0.25, 0.3) is 0 Å². The summed E-state index contributed by atoms with van der Waals surface area (Å²) in [5, 5.41) is 2.87. The summed E-state index contributed by atoms with van der Waals surface area (Å²) in [6, 6.07) is 5.29. The average Bonchev–Trinajstić information content (AvgIpc) is 2.92. The molecule has 132 valence electrons. The van der Waals surface area contributed by atoms with E-state index in [4.69, 9.17) is 10.5 Å². The van der Waals surface area contributed by atoms with Gasteiger partial charge in [0, 0.05) is 12.5 Å². The minimum atomic E-state index is -0.533.